The third kappa shape index (κ3) is 5.43. The minimum atomic E-state index is -0.694. The standard InChI is InChI=1S/C24H21F2N3O4/c1-14(30)27-13-22(31)29-16-6-10-23(28-12-16)32-17-7-9-20-15(11-17)5-8-21(33-20)24-18(25)3-2-4-19(24)26/h2-4,6-7,9-12,21H,5,8,13H2,1H3,(H,27,30)(H,29,31). The minimum Gasteiger partial charge on any atom is -0.485 e. The lowest BCUT2D eigenvalue weighted by Gasteiger charge is -2.27. The number of nitrogens with zero attached hydrogens (tertiary/aromatic N) is 1. The van der Waals surface area contributed by atoms with Crippen LogP contribution in [0, 0.1) is 11.6 Å². The maximum atomic E-state index is 14.1. The van der Waals surface area contributed by atoms with Crippen LogP contribution >= 0.6 is 0 Å². The van der Waals surface area contributed by atoms with Gasteiger partial charge in [0.2, 0.25) is 17.7 Å². The number of carbonyl (C=O) groups is 2. The van der Waals surface area contributed by atoms with E-state index in [-0.39, 0.29) is 23.9 Å². The average molecular weight is 453 g/mol. The highest BCUT2D eigenvalue weighted by Gasteiger charge is 2.27. The number of aryl methyl sites for hydroxylation is 1. The van der Waals surface area contributed by atoms with Gasteiger partial charge in [-0.15, -0.1) is 0 Å². The molecule has 3 aromatic rings. The van der Waals surface area contributed by atoms with Crippen LogP contribution in [0.4, 0.5) is 14.5 Å². The summed E-state index contributed by atoms with van der Waals surface area (Å²) in [4.78, 5) is 26.8. The number of pyridine rings is 1. The Morgan fingerprint density at radius 2 is 1.94 bits per heavy atom. The summed E-state index contributed by atoms with van der Waals surface area (Å²) in [7, 11) is 0. The van der Waals surface area contributed by atoms with E-state index in [1.54, 1.807) is 30.3 Å². The Kier molecular flexibility index (Phi) is 6.48. The summed E-state index contributed by atoms with van der Waals surface area (Å²) in [6.07, 6.45) is 1.74. The van der Waals surface area contributed by atoms with E-state index in [0.717, 1.165) is 5.56 Å². The van der Waals surface area contributed by atoms with Crippen molar-refractivity contribution in [3.63, 3.8) is 0 Å². The van der Waals surface area contributed by atoms with Crippen LogP contribution in [0.2, 0.25) is 0 Å². The Morgan fingerprint density at radius 1 is 1.15 bits per heavy atom. The fourth-order valence-corrected chi connectivity index (χ4v) is 3.50. The van der Waals surface area contributed by atoms with Crippen LogP contribution in [-0.4, -0.2) is 23.3 Å². The molecule has 2 N–H and O–H groups in total. The predicted molar refractivity (Wildman–Crippen MR) is 116 cm³/mol. The molecule has 0 saturated heterocycles. The van der Waals surface area contributed by atoms with Crippen molar-refractivity contribution in [2.24, 2.45) is 0 Å². The molecule has 0 radical (unpaired) electrons. The number of hydrogen-bond donors (Lipinski definition) is 2. The van der Waals surface area contributed by atoms with Crippen molar-refractivity contribution < 1.29 is 27.8 Å². The van der Waals surface area contributed by atoms with Gasteiger partial charge in [0, 0.05) is 13.0 Å². The van der Waals surface area contributed by atoms with Gasteiger partial charge in [-0.3, -0.25) is 9.59 Å². The number of ether oxygens (including phenoxy) is 2. The number of fused-ring (bicyclic) bond motifs is 1. The van der Waals surface area contributed by atoms with Crippen molar-refractivity contribution >= 4 is 17.5 Å². The van der Waals surface area contributed by atoms with Gasteiger partial charge in [0.15, 0.2) is 0 Å². The van der Waals surface area contributed by atoms with Crippen molar-refractivity contribution in [2.75, 3.05) is 11.9 Å². The van der Waals surface area contributed by atoms with Gasteiger partial charge in [0.25, 0.3) is 0 Å². The third-order valence-corrected chi connectivity index (χ3v) is 5.04. The Labute approximate surface area is 188 Å². The molecule has 2 aromatic carbocycles. The number of anilines is 1. The lowest BCUT2D eigenvalue weighted by atomic mass is 9.96. The molecular weight excluding hydrogens is 432 g/mol. The van der Waals surface area contributed by atoms with Crippen LogP contribution in [0.3, 0.4) is 0 Å². The summed E-state index contributed by atoms with van der Waals surface area (Å²) >= 11 is 0. The highest BCUT2D eigenvalue weighted by Crippen LogP contribution is 2.38. The molecule has 2 amide bonds. The van der Waals surface area contributed by atoms with E-state index in [1.165, 1.54) is 31.3 Å². The van der Waals surface area contributed by atoms with E-state index < -0.39 is 17.7 Å². The van der Waals surface area contributed by atoms with Crippen LogP contribution in [0.15, 0.2) is 54.7 Å². The number of halogens is 2. The van der Waals surface area contributed by atoms with Crippen molar-refractivity contribution in [1.29, 1.82) is 0 Å². The molecule has 4 rings (SSSR count). The van der Waals surface area contributed by atoms with E-state index >= 15 is 0 Å². The number of nitrogens with one attached hydrogen (secondary N) is 2. The first-order valence-electron chi connectivity index (χ1n) is 10.3. The SMILES string of the molecule is CC(=O)NCC(=O)Nc1ccc(Oc2ccc3c(c2)CCC(c2c(F)cccc2F)O3)nc1. The molecule has 1 unspecified atom stereocenters. The molecule has 0 bridgehead atoms. The summed E-state index contributed by atoms with van der Waals surface area (Å²) in [5, 5.41) is 5.02. The van der Waals surface area contributed by atoms with E-state index in [1.807, 2.05) is 0 Å². The highest BCUT2D eigenvalue weighted by atomic mass is 19.1. The molecule has 170 valence electrons. The Hall–Kier alpha value is -4.01. The van der Waals surface area contributed by atoms with E-state index in [2.05, 4.69) is 15.6 Å². The first kappa shape index (κ1) is 22.2. The zero-order valence-electron chi connectivity index (χ0n) is 17.7. The summed E-state index contributed by atoms with van der Waals surface area (Å²) in [6, 6.07) is 12.2. The maximum Gasteiger partial charge on any atom is 0.243 e. The largest absolute Gasteiger partial charge is 0.485 e. The molecule has 9 heteroatoms. The molecule has 0 fully saturated rings. The van der Waals surface area contributed by atoms with Crippen LogP contribution in [0.5, 0.6) is 17.4 Å². The van der Waals surface area contributed by atoms with Crippen LogP contribution in [0.1, 0.15) is 30.6 Å². The normalized spacial score (nSPS) is 14.6. The summed E-state index contributed by atoms with van der Waals surface area (Å²) in [6.45, 7) is 1.20. The van der Waals surface area contributed by atoms with E-state index in [4.69, 9.17) is 9.47 Å². The fourth-order valence-electron chi connectivity index (χ4n) is 3.50. The molecule has 2 heterocycles. The predicted octanol–water partition coefficient (Wildman–Crippen LogP) is 4.29. The second-order valence-electron chi connectivity index (χ2n) is 7.50. The quantitative estimate of drug-likeness (QED) is 0.581. The first-order valence-corrected chi connectivity index (χ1v) is 10.3. The number of rotatable bonds is 6. The smallest absolute Gasteiger partial charge is 0.243 e. The van der Waals surface area contributed by atoms with E-state index in [9.17, 15) is 18.4 Å². The number of aromatic nitrogens is 1. The van der Waals surface area contributed by atoms with Gasteiger partial charge in [-0.05, 0) is 54.8 Å². The Balaban J connectivity index is 1.39. The van der Waals surface area contributed by atoms with Gasteiger partial charge in [0.05, 0.1) is 24.0 Å². The molecule has 1 atom stereocenters. The Bertz CT molecular complexity index is 1160. The van der Waals surface area contributed by atoms with Crippen molar-refractivity contribution in [1.82, 2.24) is 10.3 Å². The number of benzene rings is 2. The highest BCUT2D eigenvalue weighted by molar-refractivity contribution is 5.94. The van der Waals surface area contributed by atoms with Crippen molar-refractivity contribution in [3.8, 4) is 17.4 Å². The molecule has 1 aliphatic rings. The van der Waals surface area contributed by atoms with Crippen LogP contribution < -0.4 is 20.1 Å². The van der Waals surface area contributed by atoms with Gasteiger partial charge < -0.3 is 20.1 Å². The molecule has 0 saturated carbocycles. The molecule has 0 spiro atoms. The lowest BCUT2D eigenvalue weighted by Crippen LogP contribution is -2.31. The second kappa shape index (κ2) is 9.64. The maximum absolute atomic E-state index is 14.1. The van der Waals surface area contributed by atoms with Crippen molar-refractivity contribution in [2.45, 2.75) is 25.9 Å². The topological polar surface area (TPSA) is 89.6 Å². The van der Waals surface area contributed by atoms with Crippen LogP contribution in [0.25, 0.3) is 0 Å². The van der Waals surface area contributed by atoms with Gasteiger partial charge >= 0.3 is 0 Å². The van der Waals surface area contributed by atoms with Gasteiger partial charge in [-0.2, -0.15) is 0 Å². The van der Waals surface area contributed by atoms with E-state index in [0.29, 0.717) is 35.9 Å². The first-order chi connectivity index (χ1) is 15.9. The zero-order chi connectivity index (χ0) is 23.4. The zero-order valence-corrected chi connectivity index (χ0v) is 17.7. The summed E-state index contributed by atoms with van der Waals surface area (Å²) in [5.74, 6) is -0.512. The second-order valence-corrected chi connectivity index (χ2v) is 7.50. The van der Waals surface area contributed by atoms with Crippen molar-refractivity contribution in [3.05, 3.63) is 77.5 Å². The fraction of sp³-hybridized carbons (Fsp3) is 0.208. The molecule has 7 nitrogen and oxygen atoms in total. The minimum absolute atomic E-state index is 0.0584. The number of hydrogen-bond acceptors (Lipinski definition) is 5. The monoisotopic (exact) mass is 453 g/mol. The average Bonchev–Trinajstić information content (AvgIpc) is 2.79. The summed E-state index contributed by atoms with van der Waals surface area (Å²) in [5.41, 5.74) is 1.27. The Morgan fingerprint density at radius 3 is 2.64 bits per heavy atom. The molecule has 1 aliphatic heterocycles. The third-order valence-electron chi connectivity index (χ3n) is 5.04. The van der Waals surface area contributed by atoms with Crippen LogP contribution in [-0.2, 0) is 16.0 Å². The van der Waals surface area contributed by atoms with Gasteiger partial charge in [-0.1, -0.05) is 6.07 Å². The molecule has 1 aromatic heterocycles. The van der Waals surface area contributed by atoms with Gasteiger partial charge in [0.1, 0.15) is 29.2 Å². The number of carbonyl (C=O) groups excluding carboxylic acids is 2. The summed E-state index contributed by atoms with van der Waals surface area (Å²) < 4.78 is 39.8. The van der Waals surface area contributed by atoms with Gasteiger partial charge in [-0.25, -0.2) is 13.8 Å². The lowest BCUT2D eigenvalue weighted by molar-refractivity contribution is -0.122. The number of amides is 2. The molecule has 0 aliphatic carbocycles. The molecular formula is C24H21F2N3O4. The molecule has 33 heavy (non-hydrogen) atoms.